The summed E-state index contributed by atoms with van der Waals surface area (Å²) in [5.74, 6) is -0.189. The second kappa shape index (κ2) is 6.50. The molecular weight excluding hydrogens is 260 g/mol. The van der Waals surface area contributed by atoms with Crippen molar-refractivity contribution in [3.05, 3.63) is 70.7 Å². The quantitative estimate of drug-likeness (QED) is 0.905. The molecule has 0 bridgehead atoms. The summed E-state index contributed by atoms with van der Waals surface area (Å²) >= 11 is 5.84. The van der Waals surface area contributed by atoms with E-state index in [9.17, 15) is 9.90 Å². The number of aryl methyl sites for hydroxylation is 1. The van der Waals surface area contributed by atoms with Crippen molar-refractivity contribution in [3.8, 4) is 0 Å². The zero-order chi connectivity index (χ0) is 13.7. The first-order valence-electron chi connectivity index (χ1n) is 6.17. The van der Waals surface area contributed by atoms with Crippen LogP contribution in [0.5, 0.6) is 0 Å². The van der Waals surface area contributed by atoms with E-state index in [0.29, 0.717) is 23.4 Å². The molecule has 0 saturated carbocycles. The summed E-state index contributed by atoms with van der Waals surface area (Å²) in [5, 5.41) is 10.5. The van der Waals surface area contributed by atoms with E-state index in [1.807, 2.05) is 30.3 Å². The molecule has 1 unspecified atom stereocenters. The van der Waals surface area contributed by atoms with Gasteiger partial charge < -0.3 is 5.11 Å². The molecule has 2 nitrogen and oxygen atoms in total. The summed E-state index contributed by atoms with van der Waals surface area (Å²) in [6.07, 6.45) is -0.142. The van der Waals surface area contributed by atoms with Crippen molar-refractivity contribution in [2.24, 2.45) is 0 Å². The standard InChI is InChI=1S/C16H15ClO2/c17-14-8-4-7-13(11-14)16(19)15(18)10-9-12-5-2-1-3-6-12/h1-8,11,16,19H,9-10H2. The number of ketones is 1. The van der Waals surface area contributed by atoms with Crippen LogP contribution in [0.4, 0.5) is 0 Å². The molecule has 1 N–H and O–H groups in total. The molecule has 0 fully saturated rings. The average molecular weight is 275 g/mol. The molecule has 0 amide bonds. The maximum Gasteiger partial charge on any atom is 0.166 e. The third-order valence-electron chi connectivity index (χ3n) is 2.97. The Kier molecular flexibility index (Phi) is 4.72. The van der Waals surface area contributed by atoms with Crippen LogP contribution in [0.3, 0.4) is 0 Å². The van der Waals surface area contributed by atoms with Crippen molar-refractivity contribution >= 4 is 17.4 Å². The SMILES string of the molecule is O=C(CCc1ccccc1)C(O)c1cccc(Cl)c1. The van der Waals surface area contributed by atoms with Gasteiger partial charge in [0, 0.05) is 11.4 Å². The first-order chi connectivity index (χ1) is 9.16. The topological polar surface area (TPSA) is 37.3 Å². The Morgan fingerprint density at radius 2 is 1.84 bits per heavy atom. The van der Waals surface area contributed by atoms with Gasteiger partial charge in [0.25, 0.3) is 0 Å². The summed E-state index contributed by atoms with van der Waals surface area (Å²) in [5.41, 5.74) is 1.64. The van der Waals surface area contributed by atoms with Crippen LogP contribution in [-0.2, 0) is 11.2 Å². The lowest BCUT2D eigenvalue weighted by Gasteiger charge is -2.10. The fraction of sp³-hybridized carbons (Fsp3) is 0.188. The molecule has 0 aromatic heterocycles. The molecule has 0 spiro atoms. The zero-order valence-corrected chi connectivity index (χ0v) is 11.2. The minimum Gasteiger partial charge on any atom is -0.381 e. The second-order valence-corrected chi connectivity index (χ2v) is 4.85. The van der Waals surface area contributed by atoms with Crippen molar-refractivity contribution in [2.45, 2.75) is 18.9 Å². The summed E-state index contributed by atoms with van der Waals surface area (Å²) in [7, 11) is 0. The monoisotopic (exact) mass is 274 g/mol. The van der Waals surface area contributed by atoms with Crippen molar-refractivity contribution < 1.29 is 9.90 Å². The third kappa shape index (κ3) is 3.91. The van der Waals surface area contributed by atoms with Crippen molar-refractivity contribution in [3.63, 3.8) is 0 Å². The number of hydrogen-bond donors (Lipinski definition) is 1. The first kappa shape index (κ1) is 13.8. The molecule has 2 aromatic carbocycles. The van der Waals surface area contributed by atoms with Crippen LogP contribution < -0.4 is 0 Å². The highest BCUT2D eigenvalue weighted by atomic mass is 35.5. The van der Waals surface area contributed by atoms with Gasteiger partial charge in [0.2, 0.25) is 0 Å². The van der Waals surface area contributed by atoms with E-state index in [1.54, 1.807) is 24.3 Å². The summed E-state index contributed by atoms with van der Waals surface area (Å²) in [4.78, 5) is 11.9. The maximum absolute atomic E-state index is 11.9. The average Bonchev–Trinajstić information content (AvgIpc) is 2.45. The fourth-order valence-corrected chi connectivity index (χ4v) is 2.11. The van der Waals surface area contributed by atoms with Crippen LogP contribution in [0.15, 0.2) is 54.6 Å². The summed E-state index contributed by atoms with van der Waals surface area (Å²) in [6, 6.07) is 16.5. The van der Waals surface area contributed by atoms with Gasteiger partial charge in [-0.15, -0.1) is 0 Å². The second-order valence-electron chi connectivity index (χ2n) is 4.41. The number of carbonyl (C=O) groups excluding carboxylic acids is 1. The highest BCUT2D eigenvalue weighted by Crippen LogP contribution is 2.20. The Morgan fingerprint density at radius 3 is 2.53 bits per heavy atom. The predicted octanol–water partition coefficient (Wildman–Crippen LogP) is 3.58. The fourth-order valence-electron chi connectivity index (χ4n) is 1.91. The lowest BCUT2D eigenvalue weighted by atomic mass is 10.0. The van der Waals surface area contributed by atoms with E-state index in [-0.39, 0.29) is 5.78 Å². The summed E-state index contributed by atoms with van der Waals surface area (Å²) in [6.45, 7) is 0. The van der Waals surface area contributed by atoms with E-state index in [0.717, 1.165) is 5.56 Å². The van der Waals surface area contributed by atoms with Gasteiger partial charge in [0.05, 0.1) is 0 Å². The molecule has 98 valence electrons. The molecule has 19 heavy (non-hydrogen) atoms. The number of carbonyl (C=O) groups is 1. The summed E-state index contributed by atoms with van der Waals surface area (Å²) < 4.78 is 0. The van der Waals surface area contributed by atoms with Gasteiger partial charge in [-0.1, -0.05) is 54.1 Å². The number of aliphatic hydroxyl groups is 1. The minimum absolute atomic E-state index is 0.189. The number of halogens is 1. The molecule has 0 saturated heterocycles. The van der Waals surface area contributed by atoms with Gasteiger partial charge in [-0.2, -0.15) is 0 Å². The molecule has 0 heterocycles. The normalized spacial score (nSPS) is 12.1. The molecule has 2 rings (SSSR count). The molecular formula is C16H15ClO2. The number of aliphatic hydroxyl groups excluding tert-OH is 1. The predicted molar refractivity (Wildman–Crippen MR) is 76.2 cm³/mol. The lowest BCUT2D eigenvalue weighted by molar-refractivity contribution is -0.127. The Hall–Kier alpha value is -1.64. The molecule has 1 atom stereocenters. The number of hydrogen-bond acceptors (Lipinski definition) is 2. The van der Waals surface area contributed by atoms with Gasteiger partial charge in [-0.05, 0) is 29.7 Å². The molecule has 2 aromatic rings. The van der Waals surface area contributed by atoms with Crippen molar-refractivity contribution in [1.82, 2.24) is 0 Å². The number of benzene rings is 2. The van der Waals surface area contributed by atoms with Crippen LogP contribution in [0.25, 0.3) is 0 Å². The van der Waals surface area contributed by atoms with Crippen LogP contribution in [0, 0.1) is 0 Å². The third-order valence-corrected chi connectivity index (χ3v) is 3.21. The molecule has 0 aliphatic carbocycles. The Balaban J connectivity index is 1.96. The highest BCUT2D eigenvalue weighted by Gasteiger charge is 2.17. The lowest BCUT2D eigenvalue weighted by Crippen LogP contribution is -2.12. The van der Waals surface area contributed by atoms with Crippen LogP contribution >= 0.6 is 11.6 Å². The van der Waals surface area contributed by atoms with Crippen LogP contribution in [0.2, 0.25) is 5.02 Å². The van der Waals surface area contributed by atoms with E-state index >= 15 is 0 Å². The minimum atomic E-state index is -1.09. The maximum atomic E-state index is 11.9. The largest absolute Gasteiger partial charge is 0.381 e. The van der Waals surface area contributed by atoms with E-state index in [1.165, 1.54) is 0 Å². The van der Waals surface area contributed by atoms with Gasteiger partial charge in [-0.3, -0.25) is 4.79 Å². The van der Waals surface area contributed by atoms with E-state index in [2.05, 4.69) is 0 Å². The molecule has 0 aliphatic rings. The first-order valence-corrected chi connectivity index (χ1v) is 6.55. The van der Waals surface area contributed by atoms with E-state index in [4.69, 9.17) is 11.6 Å². The van der Waals surface area contributed by atoms with Gasteiger partial charge >= 0.3 is 0 Å². The van der Waals surface area contributed by atoms with E-state index < -0.39 is 6.10 Å². The molecule has 3 heteroatoms. The highest BCUT2D eigenvalue weighted by molar-refractivity contribution is 6.30. The zero-order valence-electron chi connectivity index (χ0n) is 10.4. The number of rotatable bonds is 5. The Bertz CT molecular complexity index is 552. The van der Waals surface area contributed by atoms with Gasteiger partial charge in [0.15, 0.2) is 5.78 Å². The smallest absolute Gasteiger partial charge is 0.166 e. The Morgan fingerprint density at radius 1 is 1.11 bits per heavy atom. The van der Waals surface area contributed by atoms with Gasteiger partial charge in [-0.25, -0.2) is 0 Å². The Labute approximate surface area is 117 Å². The molecule has 0 radical (unpaired) electrons. The van der Waals surface area contributed by atoms with Gasteiger partial charge in [0.1, 0.15) is 6.10 Å². The van der Waals surface area contributed by atoms with Crippen LogP contribution in [0.1, 0.15) is 23.7 Å². The van der Waals surface area contributed by atoms with Crippen LogP contribution in [-0.4, -0.2) is 10.9 Å². The van der Waals surface area contributed by atoms with Crippen molar-refractivity contribution in [1.29, 1.82) is 0 Å². The molecule has 0 aliphatic heterocycles. The van der Waals surface area contributed by atoms with Crippen molar-refractivity contribution in [2.75, 3.05) is 0 Å². The number of Topliss-reactive ketones (excluding diaryl/α,β-unsaturated/α-hetero) is 1.